The maximum atomic E-state index is 13.5. The Labute approximate surface area is 187 Å². The van der Waals surface area contributed by atoms with E-state index in [1.54, 1.807) is 13.8 Å². The van der Waals surface area contributed by atoms with Crippen molar-refractivity contribution in [2.75, 3.05) is 13.3 Å². The van der Waals surface area contributed by atoms with Crippen molar-refractivity contribution >= 4 is 15.9 Å². The van der Waals surface area contributed by atoms with Crippen molar-refractivity contribution in [2.45, 2.75) is 44.2 Å². The minimum Gasteiger partial charge on any atom is -0.494 e. The van der Waals surface area contributed by atoms with Gasteiger partial charge in [-0.15, -0.1) is 0 Å². The van der Waals surface area contributed by atoms with Crippen LogP contribution in [0.2, 0.25) is 0 Å². The Balaban J connectivity index is 2.37. The first-order valence-corrected chi connectivity index (χ1v) is 11.6. The molecule has 0 spiro atoms. The molecule has 7 nitrogen and oxygen atoms in total. The molecule has 176 valence electrons. The maximum Gasteiger partial charge on any atom is 0.262 e. The van der Waals surface area contributed by atoms with Gasteiger partial charge in [-0.2, -0.15) is 4.31 Å². The molecule has 10 heteroatoms. The van der Waals surface area contributed by atoms with Crippen molar-refractivity contribution in [1.82, 2.24) is 9.79 Å². The molecule has 0 heterocycles. The third-order valence-corrected chi connectivity index (χ3v) is 6.64. The van der Waals surface area contributed by atoms with Crippen molar-refractivity contribution in [3.63, 3.8) is 0 Å². The molecular formula is C22H28F2N2O5S. The fraction of sp³-hybridized carbons (Fsp3) is 0.409. The summed E-state index contributed by atoms with van der Waals surface area (Å²) in [7, 11) is -4.19. The summed E-state index contributed by atoms with van der Waals surface area (Å²) in [5.74, 6) is -1.39. The van der Waals surface area contributed by atoms with Crippen LogP contribution in [0.5, 0.6) is 5.75 Å². The number of nitrogens with zero attached hydrogens (tertiary/aromatic N) is 1. The number of carbonyl (C=O) groups is 1. The van der Waals surface area contributed by atoms with Gasteiger partial charge < -0.3 is 4.74 Å². The molecule has 0 saturated carbocycles. The van der Waals surface area contributed by atoms with E-state index in [4.69, 9.17) is 4.74 Å². The van der Waals surface area contributed by atoms with Gasteiger partial charge >= 0.3 is 0 Å². The average molecular weight is 471 g/mol. The zero-order valence-corrected chi connectivity index (χ0v) is 18.8. The molecule has 0 aliphatic heterocycles. The quantitative estimate of drug-likeness (QED) is 0.280. The summed E-state index contributed by atoms with van der Waals surface area (Å²) in [6, 6.07) is 9.71. The lowest BCUT2D eigenvalue weighted by molar-refractivity contribution is -0.134. The van der Waals surface area contributed by atoms with E-state index in [2.05, 4.69) is 0 Å². The summed E-state index contributed by atoms with van der Waals surface area (Å²) < 4.78 is 58.9. The first kappa shape index (κ1) is 25.7. The standard InChI is InChI=1S/C22H28F2N2O5S/c1-16(2)21(22(27)25-28)26(15-17-5-7-18(24)8-6-17)32(29,30)20-11-9-19(10-12-20)31-14-4-3-13-23/h5-12,16,21,28H,3-4,13-15H2,1-2H3,(H,25,27). The number of ether oxygens (including phenoxy) is 1. The second-order valence-electron chi connectivity index (χ2n) is 7.56. The normalized spacial score (nSPS) is 12.7. The SMILES string of the molecule is CC(C)C(C(=O)NO)N(Cc1ccc(F)cc1)S(=O)(=O)c1ccc(OCCCCF)cc1. The lowest BCUT2D eigenvalue weighted by Gasteiger charge is -2.32. The molecule has 1 unspecified atom stereocenters. The van der Waals surface area contributed by atoms with Gasteiger partial charge in [-0.3, -0.25) is 14.4 Å². The van der Waals surface area contributed by atoms with E-state index in [0.29, 0.717) is 30.8 Å². The van der Waals surface area contributed by atoms with Crippen molar-refractivity contribution < 1.29 is 31.9 Å². The van der Waals surface area contributed by atoms with Gasteiger partial charge in [-0.1, -0.05) is 26.0 Å². The Hall–Kier alpha value is -2.56. The minimum absolute atomic E-state index is 0.0768. The van der Waals surface area contributed by atoms with Crippen molar-refractivity contribution in [1.29, 1.82) is 0 Å². The van der Waals surface area contributed by atoms with E-state index in [1.165, 1.54) is 54.0 Å². The fourth-order valence-electron chi connectivity index (χ4n) is 3.16. The number of sulfonamides is 1. The molecule has 2 rings (SSSR count). The fourth-order valence-corrected chi connectivity index (χ4v) is 4.87. The third-order valence-electron chi connectivity index (χ3n) is 4.80. The number of nitrogens with one attached hydrogen (secondary N) is 1. The van der Waals surface area contributed by atoms with Crippen LogP contribution in [0.4, 0.5) is 8.78 Å². The summed E-state index contributed by atoms with van der Waals surface area (Å²) in [6.07, 6.45) is 0.919. The first-order valence-electron chi connectivity index (χ1n) is 10.2. The zero-order chi connectivity index (χ0) is 23.7. The van der Waals surface area contributed by atoms with Gasteiger partial charge in [0, 0.05) is 6.54 Å². The highest BCUT2D eigenvalue weighted by atomic mass is 32.2. The summed E-state index contributed by atoms with van der Waals surface area (Å²) >= 11 is 0. The molecule has 0 bridgehead atoms. The number of unbranched alkanes of at least 4 members (excludes halogenated alkanes) is 1. The Kier molecular flexibility index (Phi) is 9.55. The van der Waals surface area contributed by atoms with Crippen LogP contribution >= 0.6 is 0 Å². The van der Waals surface area contributed by atoms with Gasteiger partial charge in [0.15, 0.2) is 0 Å². The van der Waals surface area contributed by atoms with Gasteiger partial charge in [-0.05, 0) is 60.7 Å². The summed E-state index contributed by atoms with van der Waals surface area (Å²) in [5, 5.41) is 9.19. The molecule has 1 atom stereocenters. The van der Waals surface area contributed by atoms with Crippen molar-refractivity contribution in [2.24, 2.45) is 5.92 Å². The molecule has 0 saturated heterocycles. The maximum absolute atomic E-state index is 13.5. The molecule has 32 heavy (non-hydrogen) atoms. The number of alkyl halides is 1. The zero-order valence-electron chi connectivity index (χ0n) is 18.0. The molecule has 2 N–H and O–H groups in total. The number of carbonyl (C=O) groups excluding carboxylic acids is 1. The Bertz CT molecular complexity index is 967. The van der Waals surface area contributed by atoms with Crippen LogP contribution in [0.25, 0.3) is 0 Å². The number of rotatable bonds is 12. The van der Waals surface area contributed by atoms with Gasteiger partial charge in [0.2, 0.25) is 10.0 Å². The van der Waals surface area contributed by atoms with E-state index < -0.39 is 40.4 Å². The molecule has 0 radical (unpaired) electrons. The van der Waals surface area contributed by atoms with Crippen LogP contribution in [0.1, 0.15) is 32.3 Å². The predicted molar refractivity (Wildman–Crippen MR) is 115 cm³/mol. The Morgan fingerprint density at radius 2 is 1.72 bits per heavy atom. The van der Waals surface area contributed by atoms with Gasteiger partial charge in [0.25, 0.3) is 5.91 Å². The lowest BCUT2D eigenvalue weighted by Crippen LogP contribution is -2.51. The molecule has 0 aromatic heterocycles. The van der Waals surface area contributed by atoms with E-state index >= 15 is 0 Å². The van der Waals surface area contributed by atoms with E-state index in [9.17, 15) is 27.2 Å². The summed E-state index contributed by atoms with van der Waals surface area (Å²) in [4.78, 5) is 12.3. The second kappa shape index (κ2) is 11.9. The van der Waals surface area contributed by atoms with Crippen LogP contribution < -0.4 is 10.2 Å². The van der Waals surface area contributed by atoms with Crippen LogP contribution in [-0.2, 0) is 21.4 Å². The number of amides is 1. The molecular weight excluding hydrogens is 442 g/mol. The van der Waals surface area contributed by atoms with Gasteiger partial charge in [0.05, 0.1) is 18.2 Å². The van der Waals surface area contributed by atoms with E-state index in [0.717, 1.165) is 4.31 Å². The summed E-state index contributed by atoms with van der Waals surface area (Å²) in [5.41, 5.74) is 2.01. The van der Waals surface area contributed by atoms with Crippen LogP contribution in [-0.4, -0.2) is 43.2 Å². The molecule has 0 fully saturated rings. The lowest BCUT2D eigenvalue weighted by atomic mass is 10.0. The van der Waals surface area contributed by atoms with Gasteiger partial charge in [-0.25, -0.2) is 18.3 Å². The smallest absolute Gasteiger partial charge is 0.262 e. The monoisotopic (exact) mass is 470 g/mol. The highest BCUT2D eigenvalue weighted by Gasteiger charge is 2.38. The minimum atomic E-state index is -4.19. The molecule has 1 amide bonds. The van der Waals surface area contributed by atoms with Crippen LogP contribution in [0, 0.1) is 11.7 Å². The Morgan fingerprint density at radius 1 is 1.09 bits per heavy atom. The van der Waals surface area contributed by atoms with Crippen LogP contribution in [0.15, 0.2) is 53.4 Å². The number of benzene rings is 2. The number of hydrogen-bond acceptors (Lipinski definition) is 5. The molecule has 0 aliphatic carbocycles. The number of hydrogen-bond donors (Lipinski definition) is 2. The predicted octanol–water partition coefficient (Wildman–Crippen LogP) is 3.68. The third kappa shape index (κ3) is 6.72. The largest absolute Gasteiger partial charge is 0.494 e. The number of hydroxylamine groups is 1. The second-order valence-corrected chi connectivity index (χ2v) is 9.45. The topological polar surface area (TPSA) is 95.9 Å². The number of halogens is 2. The van der Waals surface area contributed by atoms with Crippen LogP contribution in [0.3, 0.4) is 0 Å². The molecule has 0 aliphatic rings. The van der Waals surface area contributed by atoms with Gasteiger partial charge in [0.1, 0.15) is 17.6 Å². The van der Waals surface area contributed by atoms with E-state index in [-0.39, 0.29) is 11.4 Å². The highest BCUT2D eigenvalue weighted by Crippen LogP contribution is 2.26. The van der Waals surface area contributed by atoms with Crippen molar-refractivity contribution in [3.8, 4) is 5.75 Å². The molecule has 2 aromatic carbocycles. The average Bonchev–Trinajstić information content (AvgIpc) is 2.77. The van der Waals surface area contributed by atoms with Crippen molar-refractivity contribution in [3.05, 3.63) is 59.9 Å². The first-order chi connectivity index (χ1) is 15.2. The van der Waals surface area contributed by atoms with E-state index in [1.807, 2.05) is 0 Å². The Morgan fingerprint density at radius 3 is 2.25 bits per heavy atom. The summed E-state index contributed by atoms with van der Waals surface area (Å²) in [6.45, 7) is 2.98. The molecule has 2 aromatic rings. The highest BCUT2D eigenvalue weighted by molar-refractivity contribution is 7.89.